The maximum atomic E-state index is 13.4. The van der Waals surface area contributed by atoms with E-state index in [1.165, 1.54) is 5.56 Å². The van der Waals surface area contributed by atoms with E-state index in [0.29, 0.717) is 22.6 Å². The summed E-state index contributed by atoms with van der Waals surface area (Å²) in [6, 6.07) is 19.4. The molecule has 0 spiro atoms. The third-order valence-corrected chi connectivity index (χ3v) is 5.61. The number of hydrogen-bond acceptors (Lipinski definition) is 4. The van der Waals surface area contributed by atoms with Gasteiger partial charge in [-0.3, -0.25) is 4.79 Å². The Bertz CT molecular complexity index is 940. The van der Waals surface area contributed by atoms with Gasteiger partial charge in [-0.2, -0.15) is 0 Å². The molecule has 3 aromatic rings. The zero-order valence-electron chi connectivity index (χ0n) is 15.9. The van der Waals surface area contributed by atoms with Crippen LogP contribution in [0.25, 0.3) is 0 Å². The van der Waals surface area contributed by atoms with Crippen molar-refractivity contribution < 1.29 is 14.3 Å². The zero-order valence-corrected chi connectivity index (χ0v) is 16.7. The van der Waals surface area contributed by atoms with Gasteiger partial charge in [0.05, 0.1) is 14.2 Å². The van der Waals surface area contributed by atoms with Crippen molar-refractivity contribution in [3.05, 3.63) is 82.9 Å². The van der Waals surface area contributed by atoms with Gasteiger partial charge in [0.2, 0.25) is 5.78 Å². The third-order valence-electron chi connectivity index (χ3n) is 4.35. The van der Waals surface area contributed by atoms with Crippen LogP contribution in [-0.2, 0) is 0 Å². The van der Waals surface area contributed by atoms with Crippen LogP contribution in [0.3, 0.4) is 0 Å². The van der Waals surface area contributed by atoms with Crippen molar-refractivity contribution >= 4 is 17.5 Å². The molecule has 0 bridgehead atoms. The number of methoxy groups -OCH3 is 2. The van der Waals surface area contributed by atoms with Crippen LogP contribution in [0.4, 0.5) is 0 Å². The lowest BCUT2D eigenvalue weighted by Crippen LogP contribution is -2.08. The smallest absolute Gasteiger partial charge is 0.201 e. The van der Waals surface area contributed by atoms with E-state index in [1.54, 1.807) is 38.1 Å². The number of benzene rings is 3. The van der Waals surface area contributed by atoms with E-state index in [9.17, 15) is 4.79 Å². The summed E-state index contributed by atoms with van der Waals surface area (Å²) in [6.45, 7) is 4.08. The summed E-state index contributed by atoms with van der Waals surface area (Å²) >= 11 is 1.60. The van der Waals surface area contributed by atoms with Gasteiger partial charge in [-0.15, -0.1) is 0 Å². The van der Waals surface area contributed by atoms with Crippen molar-refractivity contribution in [2.45, 2.75) is 23.6 Å². The van der Waals surface area contributed by atoms with Gasteiger partial charge in [0, 0.05) is 15.4 Å². The van der Waals surface area contributed by atoms with Crippen LogP contribution in [0, 0.1) is 13.8 Å². The Morgan fingerprint density at radius 1 is 0.815 bits per heavy atom. The number of rotatable bonds is 6. The first kappa shape index (κ1) is 19.1. The fourth-order valence-electron chi connectivity index (χ4n) is 2.90. The number of ketones is 1. The van der Waals surface area contributed by atoms with Crippen LogP contribution in [-0.4, -0.2) is 20.0 Å². The van der Waals surface area contributed by atoms with Crippen LogP contribution in [0.15, 0.2) is 70.5 Å². The van der Waals surface area contributed by atoms with Gasteiger partial charge in [0.25, 0.3) is 0 Å². The normalized spacial score (nSPS) is 10.5. The Hall–Kier alpha value is -2.72. The summed E-state index contributed by atoms with van der Waals surface area (Å²) in [5, 5.41) is 0. The van der Waals surface area contributed by atoms with Gasteiger partial charge in [-0.05, 0) is 49.7 Å². The van der Waals surface area contributed by atoms with Crippen LogP contribution in [0.5, 0.6) is 11.5 Å². The Kier molecular flexibility index (Phi) is 5.87. The molecule has 0 heterocycles. The van der Waals surface area contributed by atoms with Gasteiger partial charge >= 0.3 is 0 Å². The SMILES string of the molecule is COc1cccc(OC)c1C(=O)c1cccc(C)c1Sc1ccc(C)cc1. The van der Waals surface area contributed by atoms with Crippen molar-refractivity contribution in [2.75, 3.05) is 14.2 Å². The molecule has 0 fully saturated rings. The third kappa shape index (κ3) is 4.01. The molecular weight excluding hydrogens is 356 g/mol. The molecule has 3 rings (SSSR count). The summed E-state index contributed by atoms with van der Waals surface area (Å²) in [5.41, 5.74) is 3.35. The zero-order chi connectivity index (χ0) is 19.4. The monoisotopic (exact) mass is 378 g/mol. The highest BCUT2D eigenvalue weighted by Gasteiger charge is 2.23. The molecular formula is C23H22O3S. The standard InChI is InChI=1S/C23H22O3S/c1-15-11-13-17(14-12-15)27-23-16(2)7-5-8-18(23)22(24)21-19(25-3)9-6-10-20(21)26-4/h5-14H,1-4H3. The number of ether oxygens (including phenoxy) is 2. The van der Waals surface area contributed by atoms with E-state index in [0.717, 1.165) is 15.4 Å². The Morgan fingerprint density at radius 3 is 2.00 bits per heavy atom. The lowest BCUT2D eigenvalue weighted by Gasteiger charge is -2.15. The highest BCUT2D eigenvalue weighted by molar-refractivity contribution is 7.99. The van der Waals surface area contributed by atoms with E-state index in [1.807, 2.05) is 31.2 Å². The molecule has 0 atom stereocenters. The highest BCUT2D eigenvalue weighted by atomic mass is 32.2. The Morgan fingerprint density at radius 2 is 1.41 bits per heavy atom. The lowest BCUT2D eigenvalue weighted by atomic mass is 9.99. The summed E-state index contributed by atoms with van der Waals surface area (Å²) < 4.78 is 10.8. The van der Waals surface area contributed by atoms with E-state index in [4.69, 9.17) is 9.47 Å². The molecule has 0 aromatic heterocycles. The largest absolute Gasteiger partial charge is 0.496 e. The molecule has 0 saturated heterocycles. The van der Waals surface area contributed by atoms with Crippen molar-refractivity contribution in [3.63, 3.8) is 0 Å². The summed E-state index contributed by atoms with van der Waals surface area (Å²) in [5.74, 6) is 0.905. The van der Waals surface area contributed by atoms with Gasteiger partial charge in [0.1, 0.15) is 17.1 Å². The molecule has 27 heavy (non-hydrogen) atoms. The molecule has 0 unspecified atom stereocenters. The minimum Gasteiger partial charge on any atom is -0.496 e. The summed E-state index contributed by atoms with van der Waals surface area (Å²) in [6.07, 6.45) is 0. The predicted molar refractivity (Wildman–Crippen MR) is 109 cm³/mol. The molecule has 0 saturated carbocycles. The first-order valence-corrected chi connectivity index (χ1v) is 9.46. The molecule has 0 aliphatic heterocycles. The van der Waals surface area contributed by atoms with Gasteiger partial charge in [0.15, 0.2) is 0 Å². The van der Waals surface area contributed by atoms with Gasteiger partial charge in [-0.25, -0.2) is 0 Å². The van der Waals surface area contributed by atoms with Crippen molar-refractivity contribution in [1.29, 1.82) is 0 Å². The molecule has 0 aliphatic carbocycles. The van der Waals surface area contributed by atoms with E-state index < -0.39 is 0 Å². The van der Waals surface area contributed by atoms with Crippen molar-refractivity contribution in [2.24, 2.45) is 0 Å². The van der Waals surface area contributed by atoms with Crippen LogP contribution in [0.2, 0.25) is 0 Å². The summed E-state index contributed by atoms with van der Waals surface area (Å²) in [4.78, 5) is 15.5. The lowest BCUT2D eigenvalue weighted by molar-refractivity contribution is 0.103. The maximum Gasteiger partial charge on any atom is 0.201 e. The van der Waals surface area contributed by atoms with Crippen molar-refractivity contribution in [1.82, 2.24) is 0 Å². The topological polar surface area (TPSA) is 35.5 Å². The molecule has 0 radical (unpaired) electrons. The maximum absolute atomic E-state index is 13.4. The number of aryl methyl sites for hydroxylation is 2. The fraction of sp³-hybridized carbons (Fsp3) is 0.174. The van der Waals surface area contributed by atoms with Crippen LogP contribution in [0.1, 0.15) is 27.0 Å². The Labute approximate surface area is 164 Å². The van der Waals surface area contributed by atoms with Crippen LogP contribution >= 0.6 is 11.8 Å². The van der Waals surface area contributed by atoms with Crippen LogP contribution < -0.4 is 9.47 Å². The molecule has 4 heteroatoms. The first-order valence-electron chi connectivity index (χ1n) is 8.65. The van der Waals surface area contributed by atoms with Gasteiger partial charge < -0.3 is 9.47 Å². The molecule has 3 nitrogen and oxygen atoms in total. The first-order chi connectivity index (χ1) is 13.0. The predicted octanol–water partition coefficient (Wildman–Crippen LogP) is 5.70. The van der Waals surface area contributed by atoms with E-state index in [-0.39, 0.29) is 5.78 Å². The summed E-state index contributed by atoms with van der Waals surface area (Å²) in [7, 11) is 3.12. The molecule has 3 aromatic carbocycles. The Balaban J connectivity index is 2.09. The molecule has 138 valence electrons. The van der Waals surface area contributed by atoms with Crippen molar-refractivity contribution in [3.8, 4) is 11.5 Å². The average Bonchev–Trinajstić information content (AvgIpc) is 2.69. The molecule has 0 amide bonds. The number of carbonyl (C=O) groups is 1. The quantitative estimate of drug-likeness (QED) is 0.515. The second-order valence-electron chi connectivity index (χ2n) is 6.23. The second kappa shape index (κ2) is 8.31. The number of hydrogen-bond donors (Lipinski definition) is 0. The minimum absolute atomic E-state index is 0.109. The minimum atomic E-state index is -0.109. The molecule has 0 aliphatic rings. The molecule has 0 N–H and O–H groups in total. The highest BCUT2D eigenvalue weighted by Crippen LogP contribution is 2.37. The van der Waals surface area contributed by atoms with E-state index in [2.05, 4.69) is 31.2 Å². The number of carbonyl (C=O) groups excluding carboxylic acids is 1. The average molecular weight is 378 g/mol. The van der Waals surface area contributed by atoms with Gasteiger partial charge in [-0.1, -0.05) is 47.7 Å². The van der Waals surface area contributed by atoms with E-state index >= 15 is 0 Å². The fourth-order valence-corrected chi connectivity index (χ4v) is 3.91. The second-order valence-corrected chi connectivity index (χ2v) is 7.32.